The minimum absolute atomic E-state index is 0.333. The van der Waals surface area contributed by atoms with Crippen molar-refractivity contribution in [3.8, 4) is 0 Å². The first-order chi connectivity index (χ1) is 9.09. The van der Waals surface area contributed by atoms with E-state index in [0.29, 0.717) is 17.5 Å². The van der Waals surface area contributed by atoms with Crippen LogP contribution in [0, 0.1) is 5.92 Å². The maximum atomic E-state index is 11.1. The average molecular weight is 261 g/mol. The van der Waals surface area contributed by atoms with Crippen LogP contribution in [0.5, 0.6) is 0 Å². The van der Waals surface area contributed by atoms with E-state index in [1.165, 1.54) is 32.1 Å². The first kappa shape index (κ1) is 14.1. The number of hydrogen-bond acceptors (Lipinski definition) is 2. The van der Waals surface area contributed by atoms with Crippen LogP contribution in [0.3, 0.4) is 0 Å². The molecule has 0 aliphatic heterocycles. The average Bonchev–Trinajstić information content (AvgIpc) is 2.40. The van der Waals surface area contributed by atoms with Crippen LogP contribution in [0.1, 0.15) is 54.1 Å². The van der Waals surface area contributed by atoms with Crippen molar-refractivity contribution in [2.45, 2.75) is 38.1 Å². The summed E-state index contributed by atoms with van der Waals surface area (Å²) in [6.07, 6.45) is 6.44. The molecule has 0 amide bonds. The van der Waals surface area contributed by atoms with Gasteiger partial charge >= 0.3 is 5.97 Å². The fraction of sp³-hybridized carbons (Fsp3) is 0.562. The molecule has 1 aromatic rings. The summed E-state index contributed by atoms with van der Waals surface area (Å²) < 4.78 is 0. The number of carbonyl (C=O) groups is 1. The SMILES string of the molecule is CN(C)C(c1cccc(C(=O)O)c1)C1CCCCC1. The monoisotopic (exact) mass is 261 g/mol. The largest absolute Gasteiger partial charge is 0.478 e. The predicted octanol–water partition coefficient (Wildman–Crippen LogP) is 3.57. The van der Waals surface area contributed by atoms with E-state index in [1.807, 2.05) is 12.1 Å². The van der Waals surface area contributed by atoms with Crippen molar-refractivity contribution >= 4 is 5.97 Å². The number of carboxylic acid groups (broad SMARTS) is 1. The van der Waals surface area contributed by atoms with Gasteiger partial charge in [-0.3, -0.25) is 0 Å². The molecular weight excluding hydrogens is 238 g/mol. The molecule has 0 saturated heterocycles. The molecule has 104 valence electrons. The first-order valence-electron chi connectivity index (χ1n) is 7.09. The van der Waals surface area contributed by atoms with Gasteiger partial charge in [0.25, 0.3) is 0 Å². The van der Waals surface area contributed by atoms with Crippen LogP contribution < -0.4 is 0 Å². The summed E-state index contributed by atoms with van der Waals surface area (Å²) in [6, 6.07) is 7.75. The van der Waals surface area contributed by atoms with Gasteiger partial charge in [0.2, 0.25) is 0 Å². The number of carboxylic acids is 1. The molecule has 3 nitrogen and oxygen atoms in total. The molecule has 1 aromatic carbocycles. The number of benzene rings is 1. The molecule has 1 unspecified atom stereocenters. The first-order valence-corrected chi connectivity index (χ1v) is 7.09. The van der Waals surface area contributed by atoms with Crippen molar-refractivity contribution < 1.29 is 9.90 Å². The molecule has 0 radical (unpaired) electrons. The van der Waals surface area contributed by atoms with Gasteiger partial charge in [0.1, 0.15) is 0 Å². The van der Waals surface area contributed by atoms with Gasteiger partial charge in [-0.1, -0.05) is 31.4 Å². The molecular formula is C16H23NO2. The van der Waals surface area contributed by atoms with Crippen LogP contribution >= 0.6 is 0 Å². The Labute approximate surface area is 115 Å². The maximum absolute atomic E-state index is 11.1. The zero-order chi connectivity index (χ0) is 13.8. The van der Waals surface area contributed by atoms with Crippen LogP contribution in [-0.4, -0.2) is 30.1 Å². The highest BCUT2D eigenvalue weighted by Crippen LogP contribution is 2.37. The Bertz CT molecular complexity index is 436. The minimum atomic E-state index is -0.844. The lowest BCUT2D eigenvalue weighted by Crippen LogP contribution is -2.29. The van der Waals surface area contributed by atoms with Gasteiger partial charge < -0.3 is 10.0 Å². The summed E-state index contributed by atoms with van der Waals surface area (Å²) in [7, 11) is 4.18. The third-order valence-corrected chi connectivity index (χ3v) is 4.13. The molecule has 1 saturated carbocycles. The molecule has 1 fully saturated rings. The Morgan fingerprint density at radius 3 is 2.53 bits per heavy atom. The lowest BCUT2D eigenvalue weighted by atomic mass is 9.80. The molecule has 1 aliphatic carbocycles. The number of nitrogens with zero attached hydrogens (tertiary/aromatic N) is 1. The maximum Gasteiger partial charge on any atom is 0.335 e. The Balaban J connectivity index is 2.27. The fourth-order valence-corrected chi connectivity index (χ4v) is 3.30. The minimum Gasteiger partial charge on any atom is -0.478 e. The predicted molar refractivity (Wildman–Crippen MR) is 76.4 cm³/mol. The van der Waals surface area contributed by atoms with Gasteiger partial charge in [0, 0.05) is 6.04 Å². The van der Waals surface area contributed by atoms with Crippen LogP contribution in [-0.2, 0) is 0 Å². The van der Waals surface area contributed by atoms with E-state index in [-0.39, 0.29) is 0 Å². The second-order valence-corrected chi connectivity index (χ2v) is 5.74. The van der Waals surface area contributed by atoms with Gasteiger partial charge in [-0.2, -0.15) is 0 Å². The molecule has 1 aliphatic rings. The van der Waals surface area contributed by atoms with E-state index < -0.39 is 5.97 Å². The van der Waals surface area contributed by atoms with E-state index in [0.717, 1.165) is 5.56 Å². The second-order valence-electron chi connectivity index (χ2n) is 5.74. The van der Waals surface area contributed by atoms with E-state index in [4.69, 9.17) is 5.11 Å². The van der Waals surface area contributed by atoms with Crippen molar-refractivity contribution in [2.75, 3.05) is 14.1 Å². The molecule has 0 heterocycles. The molecule has 3 heteroatoms. The number of hydrogen-bond donors (Lipinski definition) is 1. The van der Waals surface area contributed by atoms with E-state index in [9.17, 15) is 4.79 Å². The second kappa shape index (κ2) is 6.20. The lowest BCUT2D eigenvalue weighted by Gasteiger charge is -2.35. The molecule has 0 aromatic heterocycles. The summed E-state index contributed by atoms with van der Waals surface area (Å²) in [6.45, 7) is 0. The summed E-state index contributed by atoms with van der Waals surface area (Å²) in [5.74, 6) is -0.198. The summed E-state index contributed by atoms with van der Waals surface area (Å²) in [5, 5.41) is 9.13. The molecule has 0 bridgehead atoms. The zero-order valence-corrected chi connectivity index (χ0v) is 11.8. The lowest BCUT2D eigenvalue weighted by molar-refractivity contribution is 0.0696. The van der Waals surface area contributed by atoms with E-state index >= 15 is 0 Å². The molecule has 0 spiro atoms. The summed E-state index contributed by atoms with van der Waals surface area (Å²) in [5.41, 5.74) is 1.52. The van der Waals surface area contributed by atoms with Gasteiger partial charge in [-0.15, -0.1) is 0 Å². The number of aromatic carboxylic acids is 1. The van der Waals surface area contributed by atoms with Crippen molar-refractivity contribution in [1.29, 1.82) is 0 Å². The Kier molecular flexibility index (Phi) is 4.59. The quantitative estimate of drug-likeness (QED) is 0.900. The highest BCUT2D eigenvalue weighted by Gasteiger charge is 2.27. The van der Waals surface area contributed by atoms with E-state index in [2.05, 4.69) is 25.1 Å². The zero-order valence-electron chi connectivity index (χ0n) is 11.8. The highest BCUT2D eigenvalue weighted by molar-refractivity contribution is 5.87. The van der Waals surface area contributed by atoms with Gasteiger partial charge in [0.15, 0.2) is 0 Å². The van der Waals surface area contributed by atoms with Crippen molar-refractivity contribution in [3.05, 3.63) is 35.4 Å². The Hall–Kier alpha value is -1.35. The molecule has 1 N–H and O–H groups in total. The summed E-state index contributed by atoms with van der Waals surface area (Å²) in [4.78, 5) is 13.3. The smallest absolute Gasteiger partial charge is 0.335 e. The number of rotatable bonds is 4. The van der Waals surface area contributed by atoms with E-state index in [1.54, 1.807) is 6.07 Å². The molecule has 19 heavy (non-hydrogen) atoms. The molecule has 2 rings (SSSR count). The van der Waals surface area contributed by atoms with Crippen LogP contribution in [0.25, 0.3) is 0 Å². The standard InChI is InChI=1S/C16H23NO2/c1-17(2)15(12-7-4-3-5-8-12)13-9-6-10-14(11-13)16(18)19/h6,9-12,15H,3-5,7-8H2,1-2H3,(H,18,19). The van der Waals surface area contributed by atoms with Gasteiger partial charge in [-0.25, -0.2) is 4.79 Å². The van der Waals surface area contributed by atoms with Crippen molar-refractivity contribution in [2.24, 2.45) is 5.92 Å². The van der Waals surface area contributed by atoms with Crippen LogP contribution in [0.15, 0.2) is 24.3 Å². The van der Waals surface area contributed by atoms with Crippen molar-refractivity contribution in [3.63, 3.8) is 0 Å². The highest BCUT2D eigenvalue weighted by atomic mass is 16.4. The molecule has 1 atom stereocenters. The summed E-state index contributed by atoms with van der Waals surface area (Å²) >= 11 is 0. The Morgan fingerprint density at radius 2 is 1.95 bits per heavy atom. The van der Waals surface area contributed by atoms with Crippen molar-refractivity contribution in [1.82, 2.24) is 4.90 Å². The topological polar surface area (TPSA) is 40.5 Å². The third kappa shape index (κ3) is 3.35. The van der Waals surface area contributed by atoms with Gasteiger partial charge in [0.05, 0.1) is 5.56 Å². The third-order valence-electron chi connectivity index (χ3n) is 4.13. The van der Waals surface area contributed by atoms with Crippen LogP contribution in [0.4, 0.5) is 0 Å². The fourth-order valence-electron chi connectivity index (χ4n) is 3.30. The Morgan fingerprint density at radius 1 is 1.26 bits per heavy atom. The normalized spacial score (nSPS) is 18.5. The van der Waals surface area contributed by atoms with Crippen LogP contribution in [0.2, 0.25) is 0 Å². The van der Waals surface area contributed by atoms with Gasteiger partial charge in [-0.05, 0) is 50.6 Å².